The molecule has 0 fully saturated rings. The van der Waals surface area contributed by atoms with Crippen molar-refractivity contribution in [1.29, 1.82) is 0 Å². The molecular formula is C12H24N2O4. The Morgan fingerprint density at radius 3 is 2.11 bits per heavy atom. The lowest BCUT2D eigenvalue weighted by Crippen LogP contribution is -2.25. The zero-order valence-corrected chi connectivity index (χ0v) is 11.0. The van der Waals surface area contributed by atoms with Crippen LogP contribution in [-0.2, 0) is 4.74 Å². The number of carbonyl (C=O) groups excluding carboxylic acids is 1. The number of rotatable bonds is 10. The molecular weight excluding hydrogens is 236 g/mol. The number of amides is 2. The molecule has 3 N–H and O–H groups in total. The first kappa shape index (κ1) is 16.5. The summed E-state index contributed by atoms with van der Waals surface area (Å²) in [5.74, 6) is 0. The fourth-order valence-corrected chi connectivity index (χ4v) is 1.41. The van der Waals surface area contributed by atoms with E-state index in [-0.39, 0.29) is 6.09 Å². The highest BCUT2D eigenvalue weighted by Gasteiger charge is 1.99. The maximum Gasteiger partial charge on any atom is 0.407 e. The molecule has 0 aliphatic heterocycles. The molecule has 0 heterocycles. The van der Waals surface area contributed by atoms with Crippen LogP contribution in [0.3, 0.4) is 0 Å². The molecule has 6 heteroatoms. The van der Waals surface area contributed by atoms with E-state index in [1.165, 1.54) is 0 Å². The van der Waals surface area contributed by atoms with Crippen molar-refractivity contribution in [3.05, 3.63) is 0 Å². The summed E-state index contributed by atoms with van der Waals surface area (Å²) in [4.78, 5) is 21.2. The van der Waals surface area contributed by atoms with Gasteiger partial charge >= 0.3 is 12.2 Å². The van der Waals surface area contributed by atoms with E-state index < -0.39 is 6.09 Å². The molecule has 0 saturated carbocycles. The van der Waals surface area contributed by atoms with Crippen molar-refractivity contribution in [2.75, 3.05) is 19.7 Å². The van der Waals surface area contributed by atoms with Gasteiger partial charge in [0.25, 0.3) is 0 Å². The van der Waals surface area contributed by atoms with Gasteiger partial charge < -0.3 is 20.5 Å². The monoisotopic (exact) mass is 260 g/mol. The zero-order chi connectivity index (χ0) is 13.6. The van der Waals surface area contributed by atoms with E-state index in [1.54, 1.807) is 0 Å². The lowest BCUT2D eigenvalue weighted by molar-refractivity contribution is 0.146. The quantitative estimate of drug-likeness (QED) is 0.526. The number of unbranched alkanes of at least 4 members (excludes halogenated alkanes) is 4. The highest BCUT2D eigenvalue weighted by molar-refractivity contribution is 5.66. The second-order valence-electron chi connectivity index (χ2n) is 4.06. The van der Waals surface area contributed by atoms with Crippen LogP contribution >= 0.6 is 0 Å². The minimum absolute atomic E-state index is 0.345. The van der Waals surface area contributed by atoms with Gasteiger partial charge in [0, 0.05) is 13.1 Å². The molecule has 0 atom stereocenters. The van der Waals surface area contributed by atoms with E-state index in [9.17, 15) is 9.59 Å². The van der Waals surface area contributed by atoms with Crippen LogP contribution in [0.1, 0.15) is 45.4 Å². The molecule has 18 heavy (non-hydrogen) atoms. The van der Waals surface area contributed by atoms with E-state index >= 15 is 0 Å². The summed E-state index contributed by atoms with van der Waals surface area (Å²) in [7, 11) is 0. The van der Waals surface area contributed by atoms with Crippen LogP contribution in [0.4, 0.5) is 9.59 Å². The Hall–Kier alpha value is -1.46. The van der Waals surface area contributed by atoms with Gasteiger partial charge in [0.05, 0.1) is 6.61 Å². The van der Waals surface area contributed by atoms with Crippen molar-refractivity contribution >= 4 is 12.2 Å². The molecule has 0 aliphatic rings. The Labute approximate surface area is 108 Å². The summed E-state index contributed by atoms with van der Waals surface area (Å²) >= 11 is 0. The molecule has 0 rings (SSSR count). The predicted molar refractivity (Wildman–Crippen MR) is 68.8 cm³/mol. The SMILES string of the molecule is CCCOC(=O)NCCCCCCCNC(=O)O. The van der Waals surface area contributed by atoms with Gasteiger partial charge in [-0.05, 0) is 19.3 Å². The molecule has 0 bridgehead atoms. The van der Waals surface area contributed by atoms with E-state index in [2.05, 4.69) is 10.6 Å². The number of hydrogen-bond donors (Lipinski definition) is 3. The van der Waals surface area contributed by atoms with Gasteiger partial charge in [0.15, 0.2) is 0 Å². The second kappa shape index (κ2) is 12.0. The second-order valence-corrected chi connectivity index (χ2v) is 4.06. The van der Waals surface area contributed by atoms with E-state index in [0.717, 1.165) is 38.5 Å². The smallest absolute Gasteiger partial charge is 0.407 e. The minimum atomic E-state index is -0.968. The molecule has 6 nitrogen and oxygen atoms in total. The van der Waals surface area contributed by atoms with Gasteiger partial charge in [-0.1, -0.05) is 26.2 Å². The highest BCUT2D eigenvalue weighted by atomic mass is 16.5. The van der Waals surface area contributed by atoms with Gasteiger partial charge in [-0.25, -0.2) is 9.59 Å². The highest BCUT2D eigenvalue weighted by Crippen LogP contribution is 2.01. The number of ether oxygens (including phenoxy) is 1. The minimum Gasteiger partial charge on any atom is -0.465 e. The summed E-state index contributed by atoms with van der Waals surface area (Å²) < 4.78 is 4.86. The fraction of sp³-hybridized carbons (Fsp3) is 0.833. The maximum absolute atomic E-state index is 11.0. The lowest BCUT2D eigenvalue weighted by Gasteiger charge is -2.05. The third kappa shape index (κ3) is 12.6. The Morgan fingerprint density at radius 2 is 1.56 bits per heavy atom. The Balaban J connectivity index is 3.11. The summed E-state index contributed by atoms with van der Waals surface area (Å²) in [6, 6.07) is 0. The zero-order valence-electron chi connectivity index (χ0n) is 11.0. The number of hydrogen-bond acceptors (Lipinski definition) is 3. The van der Waals surface area contributed by atoms with Crippen LogP contribution in [0.2, 0.25) is 0 Å². The average Bonchev–Trinajstić information content (AvgIpc) is 2.34. The first-order valence-corrected chi connectivity index (χ1v) is 6.54. The summed E-state index contributed by atoms with van der Waals surface area (Å²) in [6.07, 6.45) is 4.38. The lowest BCUT2D eigenvalue weighted by atomic mass is 10.1. The van der Waals surface area contributed by atoms with Crippen molar-refractivity contribution in [2.24, 2.45) is 0 Å². The van der Waals surface area contributed by atoms with Gasteiger partial charge in [-0.3, -0.25) is 0 Å². The first-order valence-electron chi connectivity index (χ1n) is 6.54. The van der Waals surface area contributed by atoms with Crippen molar-refractivity contribution in [2.45, 2.75) is 45.4 Å². The van der Waals surface area contributed by atoms with Crippen LogP contribution in [0.5, 0.6) is 0 Å². The van der Waals surface area contributed by atoms with E-state index in [0.29, 0.717) is 19.7 Å². The van der Waals surface area contributed by atoms with Gasteiger partial charge in [-0.2, -0.15) is 0 Å². The van der Waals surface area contributed by atoms with Crippen molar-refractivity contribution in [3.63, 3.8) is 0 Å². The Morgan fingerprint density at radius 1 is 1.00 bits per heavy atom. The van der Waals surface area contributed by atoms with Crippen LogP contribution in [-0.4, -0.2) is 37.0 Å². The molecule has 0 saturated heterocycles. The molecule has 0 aliphatic carbocycles. The Kier molecular flexibility index (Phi) is 11.0. The van der Waals surface area contributed by atoms with Crippen LogP contribution in [0.15, 0.2) is 0 Å². The normalized spacial score (nSPS) is 9.83. The average molecular weight is 260 g/mol. The summed E-state index contributed by atoms with van der Waals surface area (Å²) in [5, 5.41) is 13.3. The first-order chi connectivity index (χ1) is 8.66. The van der Waals surface area contributed by atoms with E-state index in [1.807, 2.05) is 6.92 Å². The van der Waals surface area contributed by atoms with Crippen LogP contribution in [0, 0.1) is 0 Å². The molecule has 0 spiro atoms. The van der Waals surface area contributed by atoms with Gasteiger partial charge in [0.2, 0.25) is 0 Å². The molecule has 0 radical (unpaired) electrons. The molecule has 2 amide bonds. The summed E-state index contributed by atoms with van der Waals surface area (Å²) in [5.41, 5.74) is 0. The standard InChI is InChI=1S/C12H24N2O4/c1-2-10-18-12(17)14-9-7-5-3-4-6-8-13-11(15)16/h13H,2-10H2,1H3,(H,14,17)(H,15,16). The van der Waals surface area contributed by atoms with Crippen molar-refractivity contribution in [1.82, 2.24) is 10.6 Å². The van der Waals surface area contributed by atoms with Crippen LogP contribution in [0.25, 0.3) is 0 Å². The molecule has 0 unspecified atom stereocenters. The topological polar surface area (TPSA) is 87.7 Å². The number of carboxylic acid groups (broad SMARTS) is 1. The molecule has 106 valence electrons. The molecule has 0 aromatic heterocycles. The fourth-order valence-electron chi connectivity index (χ4n) is 1.41. The van der Waals surface area contributed by atoms with E-state index in [4.69, 9.17) is 9.84 Å². The maximum atomic E-state index is 11.0. The largest absolute Gasteiger partial charge is 0.465 e. The summed E-state index contributed by atoms with van der Waals surface area (Å²) in [6.45, 7) is 3.56. The predicted octanol–water partition coefficient (Wildman–Crippen LogP) is 2.34. The van der Waals surface area contributed by atoms with Crippen molar-refractivity contribution < 1.29 is 19.4 Å². The number of carbonyl (C=O) groups is 2. The third-order valence-corrected chi connectivity index (χ3v) is 2.34. The number of nitrogens with one attached hydrogen (secondary N) is 2. The third-order valence-electron chi connectivity index (χ3n) is 2.34. The molecule has 0 aromatic carbocycles. The van der Waals surface area contributed by atoms with Gasteiger partial charge in [0.1, 0.15) is 0 Å². The number of alkyl carbamates (subject to hydrolysis) is 1. The van der Waals surface area contributed by atoms with Gasteiger partial charge in [-0.15, -0.1) is 0 Å². The van der Waals surface area contributed by atoms with Crippen molar-refractivity contribution in [3.8, 4) is 0 Å². The van der Waals surface area contributed by atoms with Crippen LogP contribution < -0.4 is 10.6 Å². The molecule has 0 aromatic rings. The Bertz CT molecular complexity index is 234.